The first kappa shape index (κ1) is 15.8. The zero-order valence-corrected chi connectivity index (χ0v) is 12.6. The molecule has 0 heterocycles. The zero-order chi connectivity index (χ0) is 16.2. The van der Waals surface area contributed by atoms with Crippen molar-refractivity contribution in [3.8, 4) is 0 Å². The van der Waals surface area contributed by atoms with E-state index in [1.54, 1.807) is 42.5 Å². The van der Waals surface area contributed by atoms with Gasteiger partial charge in [-0.05, 0) is 30.7 Å². The molecule has 2 rings (SSSR count). The fourth-order valence-electron chi connectivity index (χ4n) is 1.69. The topological polar surface area (TPSA) is 80.7 Å². The number of aryl methyl sites for hydroxylation is 1. The highest BCUT2D eigenvalue weighted by Crippen LogP contribution is 2.18. The minimum absolute atomic E-state index is 0.0988. The molecule has 0 unspecified atom stereocenters. The van der Waals surface area contributed by atoms with Crippen molar-refractivity contribution in [2.24, 2.45) is 0 Å². The van der Waals surface area contributed by atoms with Gasteiger partial charge in [0.15, 0.2) is 0 Å². The number of hydrogen-bond donors (Lipinski definition) is 1. The Morgan fingerprint density at radius 3 is 2.18 bits per heavy atom. The van der Waals surface area contributed by atoms with Crippen LogP contribution >= 0.6 is 0 Å². The molecule has 0 aliphatic carbocycles. The van der Waals surface area contributed by atoms with Crippen molar-refractivity contribution in [1.29, 1.82) is 0 Å². The molecule has 6 heteroatoms. The van der Waals surface area contributed by atoms with E-state index < -0.39 is 21.8 Å². The molecule has 0 saturated carbocycles. The van der Waals surface area contributed by atoms with Crippen LogP contribution < -0.4 is 0 Å². The summed E-state index contributed by atoms with van der Waals surface area (Å²) in [6.45, 7) is 1.81. The van der Waals surface area contributed by atoms with Crippen LogP contribution in [0.3, 0.4) is 0 Å². The Labute approximate surface area is 128 Å². The Bertz CT molecular complexity index is 790. The van der Waals surface area contributed by atoms with E-state index in [4.69, 9.17) is 9.29 Å². The maximum atomic E-state index is 12.1. The molecule has 0 aliphatic heterocycles. The van der Waals surface area contributed by atoms with Crippen LogP contribution in [0.4, 0.5) is 0 Å². The second-order valence-corrected chi connectivity index (χ2v) is 6.12. The van der Waals surface area contributed by atoms with Crippen molar-refractivity contribution in [3.63, 3.8) is 0 Å². The minimum atomic E-state index is -4.19. The van der Waals surface area contributed by atoms with Gasteiger partial charge in [-0.2, -0.15) is 8.42 Å². The van der Waals surface area contributed by atoms with Gasteiger partial charge in [0, 0.05) is 0 Å². The van der Waals surface area contributed by atoms with Crippen molar-refractivity contribution in [2.75, 3.05) is 0 Å². The summed E-state index contributed by atoms with van der Waals surface area (Å²) < 4.78 is 29.0. The summed E-state index contributed by atoms with van der Waals surface area (Å²) in [5, 5.41) is 9.13. The molecule has 0 radical (unpaired) electrons. The molecule has 22 heavy (non-hydrogen) atoms. The largest absolute Gasteiger partial charge is 0.475 e. The SMILES string of the molecule is Cc1ccc(S(=O)(=O)OC(=Cc2ccccc2)C(=O)O)cc1. The van der Waals surface area contributed by atoms with Crippen LogP contribution in [-0.4, -0.2) is 19.5 Å². The summed E-state index contributed by atoms with van der Waals surface area (Å²) in [4.78, 5) is 11.1. The first-order valence-corrected chi connectivity index (χ1v) is 7.80. The quantitative estimate of drug-likeness (QED) is 0.521. The van der Waals surface area contributed by atoms with E-state index in [1.165, 1.54) is 12.1 Å². The fourth-order valence-corrected chi connectivity index (χ4v) is 2.61. The van der Waals surface area contributed by atoms with Crippen molar-refractivity contribution in [2.45, 2.75) is 11.8 Å². The molecule has 5 nitrogen and oxygen atoms in total. The number of benzene rings is 2. The van der Waals surface area contributed by atoms with Gasteiger partial charge < -0.3 is 9.29 Å². The van der Waals surface area contributed by atoms with E-state index in [0.29, 0.717) is 5.56 Å². The summed E-state index contributed by atoms with van der Waals surface area (Å²) in [5.41, 5.74) is 1.41. The minimum Gasteiger partial charge on any atom is -0.475 e. The average Bonchev–Trinajstić information content (AvgIpc) is 2.48. The van der Waals surface area contributed by atoms with Gasteiger partial charge >= 0.3 is 16.1 Å². The van der Waals surface area contributed by atoms with E-state index in [0.717, 1.165) is 11.6 Å². The van der Waals surface area contributed by atoms with Gasteiger partial charge in [-0.1, -0.05) is 48.0 Å². The highest BCUT2D eigenvalue weighted by atomic mass is 32.2. The lowest BCUT2D eigenvalue weighted by Crippen LogP contribution is -2.12. The summed E-state index contributed by atoms with van der Waals surface area (Å²) >= 11 is 0. The Morgan fingerprint density at radius 2 is 1.64 bits per heavy atom. The number of carbonyl (C=O) groups is 1. The van der Waals surface area contributed by atoms with E-state index in [9.17, 15) is 13.2 Å². The molecule has 2 aromatic carbocycles. The molecule has 0 aliphatic rings. The Hall–Kier alpha value is -2.60. The molecule has 2 aromatic rings. The van der Waals surface area contributed by atoms with Gasteiger partial charge in [0.05, 0.1) is 0 Å². The van der Waals surface area contributed by atoms with Crippen LogP contribution in [0.15, 0.2) is 65.3 Å². The predicted octanol–water partition coefficient (Wildman–Crippen LogP) is 2.83. The van der Waals surface area contributed by atoms with Gasteiger partial charge in [-0.15, -0.1) is 0 Å². The third-order valence-corrected chi connectivity index (χ3v) is 4.07. The van der Waals surface area contributed by atoms with Gasteiger partial charge in [-0.3, -0.25) is 0 Å². The normalized spacial score (nSPS) is 12.0. The van der Waals surface area contributed by atoms with Crippen LogP contribution in [0.25, 0.3) is 6.08 Å². The lowest BCUT2D eigenvalue weighted by Gasteiger charge is -2.08. The standard InChI is InChI=1S/C16H14O5S/c1-12-7-9-14(10-8-12)22(19,20)21-15(16(17)18)11-13-5-3-2-4-6-13/h2-11H,1H3,(H,17,18). The first-order chi connectivity index (χ1) is 10.4. The Morgan fingerprint density at radius 1 is 1.05 bits per heavy atom. The molecule has 0 fully saturated rings. The molecule has 0 spiro atoms. The molecule has 0 saturated heterocycles. The van der Waals surface area contributed by atoms with Crippen molar-refractivity contribution in [3.05, 3.63) is 71.5 Å². The molecule has 0 bridgehead atoms. The zero-order valence-electron chi connectivity index (χ0n) is 11.8. The van der Waals surface area contributed by atoms with Gasteiger partial charge in [-0.25, -0.2) is 4.79 Å². The summed E-state index contributed by atoms with van der Waals surface area (Å²) in [6, 6.07) is 14.4. The maximum absolute atomic E-state index is 12.1. The summed E-state index contributed by atoms with van der Waals surface area (Å²) in [5.74, 6) is -2.12. The highest BCUT2D eigenvalue weighted by Gasteiger charge is 2.21. The lowest BCUT2D eigenvalue weighted by molar-refractivity contribution is -0.134. The molecular weight excluding hydrogens is 304 g/mol. The summed E-state index contributed by atoms with van der Waals surface area (Å²) in [6.07, 6.45) is 1.16. The highest BCUT2D eigenvalue weighted by molar-refractivity contribution is 7.86. The van der Waals surface area contributed by atoms with Crippen LogP contribution in [0.1, 0.15) is 11.1 Å². The van der Waals surface area contributed by atoms with Gasteiger partial charge in [0.1, 0.15) is 4.90 Å². The summed E-state index contributed by atoms with van der Waals surface area (Å²) in [7, 11) is -4.19. The average molecular weight is 318 g/mol. The Balaban J connectivity index is 2.34. The number of carboxylic acid groups (broad SMARTS) is 1. The maximum Gasteiger partial charge on any atom is 0.372 e. The molecule has 114 valence electrons. The third kappa shape index (κ3) is 3.95. The number of aliphatic carboxylic acids is 1. The molecular formula is C16H14O5S. The van der Waals surface area contributed by atoms with E-state index in [-0.39, 0.29) is 4.90 Å². The monoisotopic (exact) mass is 318 g/mol. The van der Waals surface area contributed by atoms with Crippen molar-refractivity contribution < 1.29 is 22.5 Å². The first-order valence-electron chi connectivity index (χ1n) is 6.40. The fraction of sp³-hybridized carbons (Fsp3) is 0.0625. The van der Waals surface area contributed by atoms with Crippen LogP contribution in [0, 0.1) is 6.92 Å². The van der Waals surface area contributed by atoms with Crippen LogP contribution in [0.2, 0.25) is 0 Å². The predicted molar refractivity (Wildman–Crippen MR) is 81.5 cm³/mol. The second-order valence-electron chi connectivity index (χ2n) is 4.57. The molecule has 0 amide bonds. The second kappa shape index (κ2) is 6.44. The third-order valence-electron chi connectivity index (χ3n) is 2.82. The smallest absolute Gasteiger partial charge is 0.372 e. The molecule has 0 aromatic heterocycles. The van der Waals surface area contributed by atoms with Crippen molar-refractivity contribution >= 4 is 22.2 Å². The van der Waals surface area contributed by atoms with Crippen molar-refractivity contribution in [1.82, 2.24) is 0 Å². The van der Waals surface area contributed by atoms with Crippen LogP contribution in [-0.2, 0) is 19.1 Å². The molecule has 0 atom stereocenters. The number of carboxylic acids is 1. The number of rotatable bonds is 5. The number of hydrogen-bond acceptors (Lipinski definition) is 4. The van der Waals surface area contributed by atoms with E-state index in [2.05, 4.69) is 0 Å². The Kier molecular flexibility index (Phi) is 4.62. The van der Waals surface area contributed by atoms with E-state index in [1.807, 2.05) is 6.92 Å². The van der Waals surface area contributed by atoms with Crippen LogP contribution in [0.5, 0.6) is 0 Å². The molecule has 1 N–H and O–H groups in total. The van der Waals surface area contributed by atoms with Gasteiger partial charge in [0.25, 0.3) is 0 Å². The lowest BCUT2D eigenvalue weighted by atomic mass is 10.2. The van der Waals surface area contributed by atoms with E-state index >= 15 is 0 Å². The van der Waals surface area contributed by atoms with Gasteiger partial charge in [0.2, 0.25) is 5.76 Å².